The molecule has 26 heavy (non-hydrogen) atoms. The van der Waals surface area contributed by atoms with Gasteiger partial charge in [-0.25, -0.2) is 4.79 Å². The number of hydrogen-bond donors (Lipinski definition) is 0. The third-order valence-corrected chi connectivity index (χ3v) is 5.60. The Morgan fingerprint density at radius 3 is 2.23 bits per heavy atom. The number of esters is 1. The molecule has 0 atom stereocenters. The summed E-state index contributed by atoms with van der Waals surface area (Å²) in [5, 5.41) is 0. The molecule has 0 saturated carbocycles. The minimum Gasteiger partial charge on any atom is -0.462 e. The van der Waals surface area contributed by atoms with Crippen molar-refractivity contribution in [3.05, 3.63) is 65.2 Å². The minimum absolute atomic E-state index is 0.225. The first-order valence-corrected chi connectivity index (χ1v) is 9.58. The molecule has 1 heterocycles. The lowest BCUT2D eigenvalue weighted by atomic mass is 10.1. The second-order valence-corrected chi connectivity index (χ2v) is 7.09. The van der Waals surface area contributed by atoms with Crippen LogP contribution in [0.25, 0.3) is 0 Å². The maximum absolute atomic E-state index is 12.2. The van der Waals surface area contributed by atoms with Crippen LogP contribution in [0.15, 0.2) is 48.5 Å². The molecule has 0 spiro atoms. The smallest absolute Gasteiger partial charge is 0.340 e. The molecule has 1 fully saturated rings. The average molecular weight is 350 g/mol. The number of carbonyl (C=O) groups excluding carboxylic acids is 1. The van der Waals surface area contributed by atoms with E-state index < -0.39 is 0 Å². The summed E-state index contributed by atoms with van der Waals surface area (Å²) in [5.41, 5.74) is 4.69. The number of para-hydroxylation sites is 1. The minimum atomic E-state index is -0.225. The Morgan fingerprint density at radius 2 is 1.58 bits per heavy atom. The maximum atomic E-state index is 12.2. The number of fused-ring (bicyclic) bond motifs is 1. The molecular weight excluding hydrogens is 324 g/mol. The van der Waals surface area contributed by atoms with Crippen molar-refractivity contribution in [1.82, 2.24) is 4.90 Å². The van der Waals surface area contributed by atoms with Crippen molar-refractivity contribution in [1.29, 1.82) is 0 Å². The van der Waals surface area contributed by atoms with Crippen LogP contribution in [0.2, 0.25) is 0 Å². The van der Waals surface area contributed by atoms with Crippen LogP contribution in [0.1, 0.15) is 28.4 Å². The number of nitrogens with zero attached hydrogens (tertiary/aromatic N) is 2. The predicted octanol–water partition coefficient (Wildman–Crippen LogP) is 3.15. The molecular formula is C22H26N2O2. The number of rotatable bonds is 4. The van der Waals surface area contributed by atoms with Crippen LogP contribution in [0.3, 0.4) is 0 Å². The summed E-state index contributed by atoms with van der Waals surface area (Å²) >= 11 is 0. The van der Waals surface area contributed by atoms with Crippen molar-refractivity contribution in [2.24, 2.45) is 0 Å². The summed E-state index contributed by atoms with van der Waals surface area (Å²) in [6.45, 7) is 6.22. The van der Waals surface area contributed by atoms with E-state index in [1.165, 1.54) is 11.1 Å². The van der Waals surface area contributed by atoms with E-state index in [4.69, 9.17) is 4.74 Å². The first-order chi connectivity index (χ1) is 12.8. The molecule has 4 nitrogen and oxygen atoms in total. The zero-order chi connectivity index (χ0) is 17.9. The van der Waals surface area contributed by atoms with Crippen molar-refractivity contribution >= 4 is 11.7 Å². The molecule has 1 saturated heterocycles. The van der Waals surface area contributed by atoms with Crippen molar-refractivity contribution in [2.75, 3.05) is 37.7 Å². The van der Waals surface area contributed by atoms with Crippen LogP contribution < -0.4 is 4.90 Å². The van der Waals surface area contributed by atoms with E-state index in [1.807, 2.05) is 31.2 Å². The highest BCUT2D eigenvalue weighted by Gasteiger charge is 2.30. The van der Waals surface area contributed by atoms with E-state index in [-0.39, 0.29) is 5.97 Å². The fourth-order valence-corrected chi connectivity index (χ4v) is 4.25. The van der Waals surface area contributed by atoms with Gasteiger partial charge in [0.1, 0.15) is 0 Å². The normalized spacial score (nSPS) is 18.0. The highest BCUT2D eigenvalue weighted by molar-refractivity contribution is 5.95. The van der Waals surface area contributed by atoms with Gasteiger partial charge in [-0.2, -0.15) is 0 Å². The first-order valence-electron chi connectivity index (χ1n) is 9.58. The molecule has 1 aliphatic heterocycles. The Balaban J connectivity index is 1.41. The van der Waals surface area contributed by atoms with Crippen molar-refractivity contribution in [3.8, 4) is 0 Å². The monoisotopic (exact) mass is 350 g/mol. The molecule has 0 amide bonds. The molecule has 2 aliphatic rings. The van der Waals surface area contributed by atoms with Crippen molar-refractivity contribution in [3.63, 3.8) is 0 Å². The largest absolute Gasteiger partial charge is 0.462 e. The van der Waals surface area contributed by atoms with Crippen LogP contribution in [-0.2, 0) is 17.6 Å². The van der Waals surface area contributed by atoms with Crippen LogP contribution in [0.5, 0.6) is 0 Å². The number of hydrogen-bond acceptors (Lipinski definition) is 4. The second kappa shape index (κ2) is 7.50. The zero-order valence-electron chi connectivity index (χ0n) is 15.4. The lowest BCUT2D eigenvalue weighted by molar-refractivity contribution is 0.0527. The SMILES string of the molecule is CCOC(=O)c1ccccc1N1CCN(C2Cc3ccccc3C2)CC1. The van der Waals surface area contributed by atoms with E-state index in [0.717, 1.165) is 44.7 Å². The number of anilines is 1. The molecule has 0 unspecified atom stereocenters. The molecule has 2 aromatic rings. The van der Waals surface area contributed by atoms with E-state index in [9.17, 15) is 4.79 Å². The summed E-state index contributed by atoms with van der Waals surface area (Å²) in [4.78, 5) is 17.2. The van der Waals surface area contributed by atoms with Gasteiger partial charge in [0.25, 0.3) is 0 Å². The third-order valence-electron chi connectivity index (χ3n) is 5.60. The van der Waals surface area contributed by atoms with E-state index in [2.05, 4.69) is 34.1 Å². The van der Waals surface area contributed by atoms with Crippen LogP contribution in [-0.4, -0.2) is 49.7 Å². The molecule has 4 heteroatoms. The molecule has 136 valence electrons. The Kier molecular flexibility index (Phi) is 4.93. The van der Waals surface area contributed by atoms with Gasteiger partial charge in [-0.3, -0.25) is 4.90 Å². The van der Waals surface area contributed by atoms with E-state index >= 15 is 0 Å². The maximum Gasteiger partial charge on any atom is 0.340 e. The molecule has 0 N–H and O–H groups in total. The fraction of sp³-hybridized carbons (Fsp3) is 0.409. The van der Waals surface area contributed by atoms with Gasteiger partial charge < -0.3 is 9.64 Å². The molecule has 1 aliphatic carbocycles. The van der Waals surface area contributed by atoms with E-state index in [1.54, 1.807) is 0 Å². The standard InChI is InChI=1S/C22H26N2O2/c1-2-26-22(25)20-9-5-6-10-21(20)24-13-11-23(12-14-24)19-15-17-7-3-4-8-18(17)16-19/h3-10,19H,2,11-16H2,1H3. The van der Waals surface area contributed by atoms with Crippen LogP contribution >= 0.6 is 0 Å². The van der Waals surface area contributed by atoms with E-state index in [0.29, 0.717) is 18.2 Å². The number of benzene rings is 2. The van der Waals surface area contributed by atoms with Crippen LogP contribution in [0.4, 0.5) is 5.69 Å². The molecule has 2 aromatic carbocycles. The average Bonchev–Trinajstić information content (AvgIpc) is 3.12. The summed E-state index contributed by atoms with van der Waals surface area (Å²) < 4.78 is 5.22. The van der Waals surface area contributed by atoms with Gasteiger partial charge in [0, 0.05) is 32.2 Å². The van der Waals surface area contributed by atoms with Gasteiger partial charge in [-0.15, -0.1) is 0 Å². The van der Waals surface area contributed by atoms with Crippen LogP contribution in [0, 0.1) is 0 Å². The third kappa shape index (κ3) is 3.34. The number of carbonyl (C=O) groups is 1. The summed E-state index contributed by atoms with van der Waals surface area (Å²) in [6.07, 6.45) is 2.32. The lowest BCUT2D eigenvalue weighted by Crippen LogP contribution is -2.51. The van der Waals surface area contributed by atoms with Gasteiger partial charge in [-0.05, 0) is 43.0 Å². The van der Waals surface area contributed by atoms with Gasteiger partial charge in [-0.1, -0.05) is 36.4 Å². The number of piperazine rings is 1. The molecule has 0 radical (unpaired) electrons. The lowest BCUT2D eigenvalue weighted by Gasteiger charge is -2.39. The Bertz CT molecular complexity index is 756. The number of ether oxygens (including phenoxy) is 1. The molecule has 0 aromatic heterocycles. The first kappa shape index (κ1) is 17.1. The highest BCUT2D eigenvalue weighted by atomic mass is 16.5. The second-order valence-electron chi connectivity index (χ2n) is 7.09. The summed E-state index contributed by atoms with van der Waals surface area (Å²) in [5.74, 6) is -0.225. The van der Waals surface area contributed by atoms with Gasteiger partial charge in [0.2, 0.25) is 0 Å². The Labute approximate surface area is 155 Å². The fourth-order valence-electron chi connectivity index (χ4n) is 4.25. The Hall–Kier alpha value is -2.33. The highest BCUT2D eigenvalue weighted by Crippen LogP contribution is 2.28. The van der Waals surface area contributed by atoms with Crippen molar-refractivity contribution < 1.29 is 9.53 Å². The quantitative estimate of drug-likeness (QED) is 0.793. The van der Waals surface area contributed by atoms with Gasteiger partial charge >= 0.3 is 5.97 Å². The molecule has 0 bridgehead atoms. The predicted molar refractivity (Wildman–Crippen MR) is 104 cm³/mol. The summed E-state index contributed by atoms with van der Waals surface area (Å²) in [6, 6.07) is 17.2. The molecule has 4 rings (SSSR count). The zero-order valence-corrected chi connectivity index (χ0v) is 15.4. The topological polar surface area (TPSA) is 32.8 Å². The van der Waals surface area contributed by atoms with Crippen molar-refractivity contribution in [2.45, 2.75) is 25.8 Å². The Morgan fingerprint density at radius 1 is 0.962 bits per heavy atom. The van der Waals surface area contributed by atoms with Gasteiger partial charge in [0.15, 0.2) is 0 Å². The summed E-state index contributed by atoms with van der Waals surface area (Å²) in [7, 11) is 0. The van der Waals surface area contributed by atoms with Gasteiger partial charge in [0.05, 0.1) is 17.9 Å².